The molecule has 1 amide bonds. The molecule has 6 heteroatoms. The van der Waals surface area contributed by atoms with Crippen molar-refractivity contribution in [3.8, 4) is 11.4 Å². The van der Waals surface area contributed by atoms with Gasteiger partial charge in [-0.2, -0.15) is 0 Å². The van der Waals surface area contributed by atoms with Crippen molar-refractivity contribution in [2.45, 2.75) is 43.8 Å². The normalized spacial score (nSPS) is 20.0. The molecule has 1 aromatic carbocycles. The van der Waals surface area contributed by atoms with Crippen LogP contribution in [0.2, 0.25) is 0 Å². The second kappa shape index (κ2) is 8.62. The number of methoxy groups -OCH3 is 1. The average molecular weight is 374 g/mol. The summed E-state index contributed by atoms with van der Waals surface area (Å²) in [5.74, 6) is 2.21. The SMILES string of the molecule is COc1ccc(-n2ccnc2SCC(=O)N(C)C2CCC(C)CC2)cc1. The number of imidazole rings is 1. The molecule has 1 aliphatic carbocycles. The maximum absolute atomic E-state index is 12.6. The van der Waals surface area contributed by atoms with Crippen LogP contribution in [0.3, 0.4) is 0 Å². The molecule has 1 heterocycles. The Morgan fingerprint density at radius 2 is 1.96 bits per heavy atom. The summed E-state index contributed by atoms with van der Waals surface area (Å²) in [6.07, 6.45) is 8.36. The molecule has 5 nitrogen and oxygen atoms in total. The molecule has 1 fully saturated rings. The zero-order chi connectivity index (χ0) is 18.5. The lowest BCUT2D eigenvalue weighted by molar-refractivity contribution is -0.129. The fourth-order valence-electron chi connectivity index (χ4n) is 3.40. The van der Waals surface area contributed by atoms with Gasteiger partial charge in [0, 0.05) is 31.2 Å². The van der Waals surface area contributed by atoms with Crippen LogP contribution in [0.5, 0.6) is 5.75 Å². The molecule has 0 aliphatic heterocycles. The number of aromatic nitrogens is 2. The smallest absolute Gasteiger partial charge is 0.233 e. The van der Waals surface area contributed by atoms with E-state index in [4.69, 9.17) is 4.74 Å². The monoisotopic (exact) mass is 373 g/mol. The molecular weight excluding hydrogens is 346 g/mol. The number of amides is 1. The van der Waals surface area contributed by atoms with Crippen LogP contribution in [-0.4, -0.2) is 46.3 Å². The minimum atomic E-state index is 0.179. The van der Waals surface area contributed by atoms with Crippen molar-refractivity contribution in [2.24, 2.45) is 5.92 Å². The largest absolute Gasteiger partial charge is 0.497 e. The summed E-state index contributed by atoms with van der Waals surface area (Å²) in [6, 6.07) is 8.21. The van der Waals surface area contributed by atoms with Crippen LogP contribution in [0.15, 0.2) is 41.8 Å². The van der Waals surface area contributed by atoms with Gasteiger partial charge in [-0.15, -0.1) is 0 Å². The van der Waals surface area contributed by atoms with E-state index in [2.05, 4.69) is 11.9 Å². The van der Waals surface area contributed by atoms with Gasteiger partial charge < -0.3 is 9.64 Å². The van der Waals surface area contributed by atoms with Gasteiger partial charge in [-0.3, -0.25) is 9.36 Å². The van der Waals surface area contributed by atoms with Crippen molar-refractivity contribution in [3.63, 3.8) is 0 Å². The summed E-state index contributed by atoms with van der Waals surface area (Å²) < 4.78 is 7.21. The third-order valence-corrected chi connectivity index (χ3v) is 6.16. The van der Waals surface area contributed by atoms with Crippen molar-refractivity contribution < 1.29 is 9.53 Å². The highest BCUT2D eigenvalue weighted by Gasteiger charge is 2.25. The van der Waals surface area contributed by atoms with E-state index in [-0.39, 0.29) is 5.91 Å². The second-order valence-corrected chi connectivity index (χ2v) is 7.93. The number of carbonyl (C=O) groups is 1. The number of hydrogen-bond donors (Lipinski definition) is 0. The molecule has 0 saturated heterocycles. The molecule has 1 aliphatic rings. The van der Waals surface area contributed by atoms with Gasteiger partial charge in [0.25, 0.3) is 0 Å². The van der Waals surface area contributed by atoms with E-state index in [0.29, 0.717) is 11.8 Å². The van der Waals surface area contributed by atoms with Crippen molar-refractivity contribution in [1.82, 2.24) is 14.5 Å². The van der Waals surface area contributed by atoms with Gasteiger partial charge in [-0.1, -0.05) is 18.7 Å². The Balaban J connectivity index is 1.59. The van der Waals surface area contributed by atoms with Crippen LogP contribution in [0.1, 0.15) is 32.6 Å². The molecule has 0 N–H and O–H groups in total. The van der Waals surface area contributed by atoms with Crippen LogP contribution in [0.4, 0.5) is 0 Å². The lowest BCUT2D eigenvalue weighted by atomic mass is 9.87. The Labute approximate surface area is 159 Å². The van der Waals surface area contributed by atoms with Crippen molar-refractivity contribution in [1.29, 1.82) is 0 Å². The van der Waals surface area contributed by atoms with Gasteiger partial charge in [-0.25, -0.2) is 4.98 Å². The first kappa shape index (κ1) is 18.8. The summed E-state index contributed by atoms with van der Waals surface area (Å²) in [6.45, 7) is 2.30. The van der Waals surface area contributed by atoms with E-state index in [9.17, 15) is 4.79 Å². The van der Waals surface area contributed by atoms with E-state index in [1.54, 1.807) is 13.3 Å². The Morgan fingerprint density at radius 1 is 1.27 bits per heavy atom. The van der Waals surface area contributed by atoms with Gasteiger partial charge in [0.1, 0.15) is 5.75 Å². The number of carbonyl (C=O) groups excluding carboxylic acids is 1. The van der Waals surface area contributed by atoms with E-state index < -0.39 is 0 Å². The highest BCUT2D eigenvalue weighted by Crippen LogP contribution is 2.27. The third kappa shape index (κ3) is 4.41. The molecule has 0 unspecified atom stereocenters. The molecule has 0 bridgehead atoms. The quantitative estimate of drug-likeness (QED) is 0.718. The first-order valence-electron chi connectivity index (χ1n) is 9.14. The van der Waals surface area contributed by atoms with Gasteiger partial charge in [-0.05, 0) is 55.9 Å². The Morgan fingerprint density at radius 3 is 2.62 bits per heavy atom. The molecule has 0 spiro atoms. The first-order chi connectivity index (χ1) is 12.6. The van der Waals surface area contributed by atoms with E-state index in [1.807, 2.05) is 47.0 Å². The Bertz CT molecular complexity index is 721. The standard InChI is InChI=1S/C20H27N3O2S/c1-15-4-6-16(7-5-15)22(2)19(24)14-26-20-21-12-13-23(20)17-8-10-18(25-3)11-9-17/h8-13,15-16H,4-7,14H2,1-3H3. The van der Waals surface area contributed by atoms with Gasteiger partial charge in [0.05, 0.1) is 12.9 Å². The molecular formula is C20H27N3O2S. The van der Waals surface area contributed by atoms with E-state index >= 15 is 0 Å². The fourth-order valence-corrected chi connectivity index (χ4v) is 4.29. The Hall–Kier alpha value is -1.95. The van der Waals surface area contributed by atoms with Crippen LogP contribution in [-0.2, 0) is 4.79 Å². The van der Waals surface area contributed by atoms with Gasteiger partial charge in [0.2, 0.25) is 5.91 Å². The molecule has 140 valence electrons. The minimum Gasteiger partial charge on any atom is -0.497 e. The van der Waals surface area contributed by atoms with Crippen molar-refractivity contribution in [3.05, 3.63) is 36.7 Å². The third-order valence-electron chi connectivity index (χ3n) is 5.21. The predicted octanol–water partition coefficient (Wildman–Crippen LogP) is 4.01. The van der Waals surface area contributed by atoms with Crippen molar-refractivity contribution in [2.75, 3.05) is 19.9 Å². The first-order valence-corrected chi connectivity index (χ1v) is 10.1. The van der Waals surface area contributed by atoms with Crippen LogP contribution in [0.25, 0.3) is 5.69 Å². The molecule has 1 saturated carbocycles. The lowest BCUT2D eigenvalue weighted by Crippen LogP contribution is -2.40. The molecule has 1 aromatic heterocycles. The number of nitrogens with zero attached hydrogens (tertiary/aromatic N) is 3. The van der Waals surface area contributed by atoms with Crippen LogP contribution < -0.4 is 4.74 Å². The van der Waals surface area contributed by atoms with Crippen LogP contribution in [0, 0.1) is 5.92 Å². The fraction of sp³-hybridized carbons (Fsp3) is 0.500. The van der Waals surface area contributed by atoms with Crippen molar-refractivity contribution >= 4 is 17.7 Å². The highest BCUT2D eigenvalue weighted by atomic mass is 32.2. The number of rotatable bonds is 6. The average Bonchev–Trinajstić information content (AvgIpc) is 3.14. The number of ether oxygens (including phenoxy) is 1. The van der Waals surface area contributed by atoms with E-state index in [1.165, 1.54) is 24.6 Å². The second-order valence-electron chi connectivity index (χ2n) is 6.98. The summed E-state index contributed by atoms with van der Waals surface area (Å²) in [5.41, 5.74) is 1.01. The summed E-state index contributed by atoms with van der Waals surface area (Å²) in [4.78, 5) is 19.0. The van der Waals surface area contributed by atoms with Gasteiger partial charge >= 0.3 is 0 Å². The minimum absolute atomic E-state index is 0.179. The number of benzene rings is 1. The topological polar surface area (TPSA) is 47.4 Å². The number of thioether (sulfide) groups is 1. The van der Waals surface area contributed by atoms with E-state index in [0.717, 1.165) is 35.4 Å². The summed E-state index contributed by atoms with van der Waals surface area (Å²) in [5, 5.41) is 0.828. The molecule has 26 heavy (non-hydrogen) atoms. The highest BCUT2D eigenvalue weighted by molar-refractivity contribution is 7.99. The maximum Gasteiger partial charge on any atom is 0.233 e. The summed E-state index contributed by atoms with van der Waals surface area (Å²) >= 11 is 1.49. The zero-order valence-corrected chi connectivity index (χ0v) is 16.5. The number of hydrogen-bond acceptors (Lipinski definition) is 4. The molecule has 0 atom stereocenters. The maximum atomic E-state index is 12.6. The molecule has 3 rings (SSSR count). The molecule has 0 radical (unpaired) electrons. The Kier molecular flexibility index (Phi) is 6.25. The van der Waals surface area contributed by atoms with Gasteiger partial charge in [0.15, 0.2) is 5.16 Å². The molecule has 2 aromatic rings. The summed E-state index contributed by atoms with van der Waals surface area (Å²) in [7, 11) is 3.60. The zero-order valence-electron chi connectivity index (χ0n) is 15.7. The predicted molar refractivity (Wildman–Crippen MR) is 105 cm³/mol. The van der Waals surface area contributed by atoms with Crippen LogP contribution >= 0.6 is 11.8 Å². The lowest BCUT2D eigenvalue weighted by Gasteiger charge is -2.33.